The summed E-state index contributed by atoms with van der Waals surface area (Å²) in [5, 5.41) is 9.11. The first kappa shape index (κ1) is 19.1. The van der Waals surface area contributed by atoms with Gasteiger partial charge < -0.3 is 14.7 Å². The van der Waals surface area contributed by atoms with Gasteiger partial charge in [0.15, 0.2) is 5.69 Å². The normalized spacial score (nSPS) is 17.3. The minimum atomic E-state index is -4.43. The molecule has 1 atom stereocenters. The summed E-state index contributed by atoms with van der Waals surface area (Å²) in [6.07, 6.45) is -4.12. The van der Waals surface area contributed by atoms with Gasteiger partial charge >= 0.3 is 12.1 Å². The van der Waals surface area contributed by atoms with Crippen molar-refractivity contribution >= 4 is 11.9 Å². The first-order valence-electron chi connectivity index (χ1n) is 8.34. The van der Waals surface area contributed by atoms with Crippen LogP contribution in [0, 0.1) is 6.92 Å². The standard InChI is InChI=1S/C18H18F3N3O3/c1-11-8-15(16(25)26)23-17(22-11)24-7-6-13(9-24)27-10-12-4-2-3-5-14(12)18(19,20)21/h2-5,8,13H,6-7,9-10H2,1H3,(H,25,26)/t13-/m0/s1. The van der Waals surface area contributed by atoms with Gasteiger partial charge in [-0.25, -0.2) is 14.8 Å². The van der Waals surface area contributed by atoms with E-state index in [0.717, 1.165) is 6.07 Å². The van der Waals surface area contributed by atoms with Gasteiger partial charge in [-0.1, -0.05) is 18.2 Å². The van der Waals surface area contributed by atoms with E-state index in [0.29, 0.717) is 25.2 Å². The first-order valence-corrected chi connectivity index (χ1v) is 8.34. The molecule has 2 aromatic rings. The predicted octanol–water partition coefficient (Wildman–Crippen LogP) is 3.30. The number of halogens is 3. The van der Waals surface area contributed by atoms with Crippen LogP contribution in [0.5, 0.6) is 0 Å². The largest absolute Gasteiger partial charge is 0.477 e. The van der Waals surface area contributed by atoms with Crippen LogP contribution >= 0.6 is 0 Å². The van der Waals surface area contributed by atoms with Crippen molar-refractivity contribution in [3.63, 3.8) is 0 Å². The van der Waals surface area contributed by atoms with Crippen LogP contribution in [0.4, 0.5) is 19.1 Å². The quantitative estimate of drug-likeness (QED) is 0.857. The highest BCUT2D eigenvalue weighted by molar-refractivity contribution is 5.85. The molecule has 1 fully saturated rings. The molecule has 1 N–H and O–H groups in total. The molecule has 2 heterocycles. The number of carbonyl (C=O) groups is 1. The fourth-order valence-corrected chi connectivity index (χ4v) is 2.98. The number of carboxylic acids is 1. The number of carboxylic acid groups (broad SMARTS) is 1. The van der Waals surface area contributed by atoms with Gasteiger partial charge in [-0.15, -0.1) is 0 Å². The van der Waals surface area contributed by atoms with Gasteiger partial charge in [0, 0.05) is 18.8 Å². The van der Waals surface area contributed by atoms with Crippen molar-refractivity contribution < 1.29 is 27.8 Å². The SMILES string of the molecule is Cc1cc(C(=O)O)nc(N2CC[C@H](OCc3ccccc3C(F)(F)F)C2)n1. The molecule has 6 nitrogen and oxygen atoms in total. The number of aromatic carboxylic acids is 1. The highest BCUT2D eigenvalue weighted by atomic mass is 19.4. The molecule has 0 aliphatic carbocycles. The summed E-state index contributed by atoms with van der Waals surface area (Å²) >= 11 is 0. The van der Waals surface area contributed by atoms with E-state index in [1.807, 2.05) is 0 Å². The van der Waals surface area contributed by atoms with Crippen molar-refractivity contribution in [3.05, 3.63) is 52.8 Å². The van der Waals surface area contributed by atoms with Gasteiger partial charge in [-0.05, 0) is 31.0 Å². The average molecular weight is 381 g/mol. The molecular weight excluding hydrogens is 363 g/mol. The zero-order chi connectivity index (χ0) is 19.6. The third kappa shape index (κ3) is 4.54. The third-order valence-corrected chi connectivity index (χ3v) is 4.29. The number of benzene rings is 1. The Balaban J connectivity index is 1.66. The zero-order valence-electron chi connectivity index (χ0n) is 14.5. The van der Waals surface area contributed by atoms with Crippen molar-refractivity contribution in [1.29, 1.82) is 0 Å². The van der Waals surface area contributed by atoms with Crippen LogP contribution in [-0.2, 0) is 17.5 Å². The van der Waals surface area contributed by atoms with Crippen LogP contribution in [0.1, 0.15) is 33.7 Å². The minimum absolute atomic E-state index is 0.0865. The van der Waals surface area contributed by atoms with Crippen LogP contribution in [0.15, 0.2) is 30.3 Å². The summed E-state index contributed by atoms with van der Waals surface area (Å²) < 4.78 is 44.8. The van der Waals surface area contributed by atoms with Gasteiger partial charge in [0.25, 0.3) is 0 Å². The van der Waals surface area contributed by atoms with Crippen molar-refractivity contribution in [2.24, 2.45) is 0 Å². The Hall–Kier alpha value is -2.68. The molecule has 1 aliphatic rings. The van der Waals surface area contributed by atoms with E-state index in [9.17, 15) is 18.0 Å². The zero-order valence-corrected chi connectivity index (χ0v) is 14.5. The Morgan fingerprint density at radius 1 is 1.33 bits per heavy atom. The maximum atomic E-state index is 13.0. The third-order valence-electron chi connectivity index (χ3n) is 4.29. The number of ether oxygens (including phenoxy) is 1. The molecule has 0 amide bonds. The lowest BCUT2D eigenvalue weighted by atomic mass is 10.1. The number of aromatic nitrogens is 2. The van der Waals surface area contributed by atoms with Crippen molar-refractivity contribution in [3.8, 4) is 0 Å². The number of alkyl halides is 3. The van der Waals surface area contributed by atoms with Crippen molar-refractivity contribution in [2.45, 2.75) is 32.2 Å². The lowest BCUT2D eigenvalue weighted by Gasteiger charge is -2.18. The highest BCUT2D eigenvalue weighted by Crippen LogP contribution is 2.32. The molecule has 0 unspecified atom stereocenters. The summed E-state index contributed by atoms with van der Waals surface area (Å²) in [7, 11) is 0. The first-order chi connectivity index (χ1) is 12.7. The molecule has 1 aromatic heterocycles. The van der Waals surface area contributed by atoms with Crippen LogP contribution in [0.25, 0.3) is 0 Å². The van der Waals surface area contributed by atoms with E-state index in [1.165, 1.54) is 18.2 Å². The summed E-state index contributed by atoms with van der Waals surface area (Å²) in [5.41, 5.74) is -0.182. The van der Waals surface area contributed by atoms with Crippen LogP contribution in [0.2, 0.25) is 0 Å². The monoisotopic (exact) mass is 381 g/mol. The number of aryl methyl sites for hydroxylation is 1. The maximum Gasteiger partial charge on any atom is 0.416 e. The number of hydrogen-bond donors (Lipinski definition) is 1. The highest BCUT2D eigenvalue weighted by Gasteiger charge is 2.33. The predicted molar refractivity (Wildman–Crippen MR) is 90.6 cm³/mol. The van der Waals surface area contributed by atoms with E-state index >= 15 is 0 Å². The molecule has 0 spiro atoms. The Bertz CT molecular complexity index is 842. The second-order valence-corrected chi connectivity index (χ2v) is 6.32. The van der Waals surface area contributed by atoms with E-state index in [2.05, 4.69) is 9.97 Å². The molecule has 0 radical (unpaired) electrons. The molecule has 1 saturated heterocycles. The van der Waals surface area contributed by atoms with E-state index in [1.54, 1.807) is 17.9 Å². The number of rotatable bonds is 5. The Morgan fingerprint density at radius 3 is 2.78 bits per heavy atom. The average Bonchev–Trinajstić information content (AvgIpc) is 3.08. The molecule has 27 heavy (non-hydrogen) atoms. The van der Waals surface area contributed by atoms with Crippen LogP contribution in [-0.4, -0.2) is 40.2 Å². The van der Waals surface area contributed by atoms with Crippen molar-refractivity contribution in [2.75, 3.05) is 18.0 Å². The number of nitrogens with zero attached hydrogens (tertiary/aromatic N) is 3. The summed E-state index contributed by atoms with van der Waals surface area (Å²) in [5.74, 6) is -0.855. The molecule has 0 bridgehead atoms. The van der Waals surface area contributed by atoms with Gasteiger partial charge in [-0.3, -0.25) is 0 Å². The fraction of sp³-hybridized carbons (Fsp3) is 0.389. The van der Waals surface area contributed by atoms with Gasteiger partial charge in [0.1, 0.15) is 0 Å². The van der Waals surface area contributed by atoms with Crippen LogP contribution < -0.4 is 4.90 Å². The summed E-state index contributed by atoms with van der Waals surface area (Å²) in [6.45, 7) is 2.45. The number of hydrogen-bond acceptors (Lipinski definition) is 5. The Morgan fingerprint density at radius 2 is 2.07 bits per heavy atom. The second kappa shape index (κ2) is 7.51. The Labute approximate surface area is 153 Å². The molecule has 1 aliphatic heterocycles. The fourth-order valence-electron chi connectivity index (χ4n) is 2.98. The number of anilines is 1. The van der Waals surface area contributed by atoms with E-state index in [-0.39, 0.29) is 29.9 Å². The molecule has 0 saturated carbocycles. The minimum Gasteiger partial charge on any atom is -0.477 e. The van der Waals surface area contributed by atoms with Gasteiger partial charge in [-0.2, -0.15) is 13.2 Å². The summed E-state index contributed by atoms with van der Waals surface area (Å²) in [4.78, 5) is 21.2. The lowest BCUT2D eigenvalue weighted by Crippen LogP contribution is -2.25. The second-order valence-electron chi connectivity index (χ2n) is 6.32. The molecule has 9 heteroatoms. The smallest absolute Gasteiger partial charge is 0.416 e. The van der Waals surface area contributed by atoms with Crippen molar-refractivity contribution in [1.82, 2.24) is 9.97 Å². The van der Waals surface area contributed by atoms with Gasteiger partial charge in [0.2, 0.25) is 5.95 Å². The molecular formula is C18H18F3N3O3. The molecule has 1 aromatic carbocycles. The molecule has 144 valence electrons. The lowest BCUT2D eigenvalue weighted by molar-refractivity contribution is -0.139. The maximum absolute atomic E-state index is 13.0. The van der Waals surface area contributed by atoms with Gasteiger partial charge in [0.05, 0.1) is 18.3 Å². The van der Waals surface area contributed by atoms with E-state index < -0.39 is 17.7 Å². The van der Waals surface area contributed by atoms with Crippen LogP contribution in [0.3, 0.4) is 0 Å². The van der Waals surface area contributed by atoms with E-state index in [4.69, 9.17) is 9.84 Å². The Kier molecular flexibility index (Phi) is 5.31. The topological polar surface area (TPSA) is 75.5 Å². The summed E-state index contributed by atoms with van der Waals surface area (Å²) in [6, 6.07) is 6.71. The molecule has 3 rings (SSSR count).